The minimum absolute atomic E-state index is 0.356. The quantitative estimate of drug-likeness (QED) is 0.788. The number of hydrogen-bond acceptors (Lipinski definition) is 2. The Morgan fingerprint density at radius 1 is 1.37 bits per heavy atom. The molecule has 4 heteroatoms. The van der Waals surface area contributed by atoms with Crippen molar-refractivity contribution < 1.29 is 0 Å². The van der Waals surface area contributed by atoms with Gasteiger partial charge in [0.15, 0.2) is 0 Å². The Balaban J connectivity index is 1.84. The second-order valence-electron chi connectivity index (χ2n) is 4.91. The van der Waals surface area contributed by atoms with Crippen LogP contribution < -0.4 is 5.32 Å². The molecular formula is C15H14BrClN2. The van der Waals surface area contributed by atoms with E-state index in [0.29, 0.717) is 6.04 Å². The first kappa shape index (κ1) is 12.9. The van der Waals surface area contributed by atoms with Gasteiger partial charge < -0.3 is 5.32 Å². The maximum Gasteiger partial charge on any atom is 0.109 e. The van der Waals surface area contributed by atoms with Gasteiger partial charge in [0.2, 0.25) is 0 Å². The van der Waals surface area contributed by atoms with E-state index in [4.69, 9.17) is 11.6 Å². The predicted molar refractivity (Wildman–Crippen MR) is 82.8 cm³/mol. The van der Waals surface area contributed by atoms with Gasteiger partial charge >= 0.3 is 0 Å². The number of nitrogens with zero attached hydrogens (tertiary/aromatic N) is 1. The van der Waals surface area contributed by atoms with Crippen molar-refractivity contribution in [3.63, 3.8) is 0 Å². The Hall–Kier alpha value is -1.06. The monoisotopic (exact) mass is 336 g/mol. The summed E-state index contributed by atoms with van der Waals surface area (Å²) in [4.78, 5) is 4.32. The summed E-state index contributed by atoms with van der Waals surface area (Å²) in [6.45, 7) is 2.05. The molecule has 19 heavy (non-hydrogen) atoms. The Kier molecular flexibility index (Phi) is 3.50. The highest BCUT2D eigenvalue weighted by atomic mass is 79.9. The van der Waals surface area contributed by atoms with Crippen molar-refractivity contribution >= 4 is 33.2 Å². The number of aryl methyl sites for hydroxylation is 2. The van der Waals surface area contributed by atoms with Crippen LogP contribution in [0.1, 0.15) is 29.2 Å². The molecule has 1 unspecified atom stereocenters. The third kappa shape index (κ3) is 2.63. The fraction of sp³-hybridized carbons (Fsp3) is 0.267. The van der Waals surface area contributed by atoms with Crippen molar-refractivity contribution in [3.8, 4) is 0 Å². The van der Waals surface area contributed by atoms with E-state index in [-0.39, 0.29) is 0 Å². The molecule has 0 saturated carbocycles. The maximum atomic E-state index is 6.03. The number of pyridine rings is 1. The lowest BCUT2D eigenvalue weighted by Crippen LogP contribution is -2.07. The first-order valence-corrected chi connectivity index (χ1v) is 7.47. The molecule has 1 aromatic heterocycles. The lowest BCUT2D eigenvalue weighted by atomic mass is 10.1. The van der Waals surface area contributed by atoms with Crippen LogP contribution in [0.4, 0.5) is 5.69 Å². The third-order valence-electron chi connectivity index (χ3n) is 3.54. The molecule has 0 bridgehead atoms. The smallest absolute Gasteiger partial charge is 0.109 e. The Morgan fingerprint density at radius 3 is 3.00 bits per heavy atom. The molecule has 1 aliphatic rings. The summed E-state index contributed by atoms with van der Waals surface area (Å²) in [6, 6.07) is 8.64. The molecule has 98 valence electrons. The van der Waals surface area contributed by atoms with E-state index in [2.05, 4.69) is 44.4 Å². The zero-order chi connectivity index (χ0) is 13.4. The molecule has 1 aromatic carbocycles. The molecule has 1 N–H and O–H groups in total. The first-order chi connectivity index (χ1) is 9.13. The molecule has 2 nitrogen and oxygen atoms in total. The summed E-state index contributed by atoms with van der Waals surface area (Å²) in [6.07, 6.45) is 4.05. The van der Waals surface area contributed by atoms with Crippen molar-refractivity contribution in [1.29, 1.82) is 0 Å². The van der Waals surface area contributed by atoms with Crippen LogP contribution in [0.15, 0.2) is 35.1 Å². The summed E-state index contributed by atoms with van der Waals surface area (Å²) in [5.41, 5.74) is 4.91. The van der Waals surface area contributed by atoms with Crippen LogP contribution in [0, 0.1) is 6.92 Å². The van der Waals surface area contributed by atoms with Gasteiger partial charge in [-0.2, -0.15) is 0 Å². The normalized spacial score (nSPS) is 17.3. The topological polar surface area (TPSA) is 24.9 Å². The SMILES string of the molecule is Cc1cc(NC2CCc3cc(Cl)ccc32)cnc1Br. The van der Waals surface area contributed by atoms with Crippen LogP contribution in [0.5, 0.6) is 0 Å². The Morgan fingerprint density at radius 2 is 2.21 bits per heavy atom. The zero-order valence-corrected chi connectivity index (χ0v) is 12.9. The average Bonchev–Trinajstić information content (AvgIpc) is 2.76. The van der Waals surface area contributed by atoms with Gasteiger partial charge in [-0.15, -0.1) is 0 Å². The number of fused-ring (bicyclic) bond motifs is 1. The molecule has 0 fully saturated rings. The molecule has 0 spiro atoms. The molecular weight excluding hydrogens is 324 g/mol. The van der Waals surface area contributed by atoms with Gasteiger partial charge in [-0.1, -0.05) is 17.7 Å². The van der Waals surface area contributed by atoms with E-state index < -0.39 is 0 Å². The highest BCUT2D eigenvalue weighted by molar-refractivity contribution is 9.10. The summed E-state index contributed by atoms with van der Waals surface area (Å²) >= 11 is 9.46. The number of hydrogen-bond donors (Lipinski definition) is 1. The number of nitrogens with one attached hydrogen (secondary N) is 1. The molecule has 0 radical (unpaired) electrons. The van der Waals surface area contributed by atoms with Gasteiger partial charge in [0, 0.05) is 5.02 Å². The summed E-state index contributed by atoms with van der Waals surface area (Å²) in [7, 11) is 0. The van der Waals surface area contributed by atoms with Gasteiger partial charge in [-0.25, -0.2) is 4.98 Å². The second-order valence-corrected chi connectivity index (χ2v) is 6.10. The van der Waals surface area contributed by atoms with Crippen LogP contribution in [-0.4, -0.2) is 4.98 Å². The van der Waals surface area contributed by atoms with Gasteiger partial charge in [0.05, 0.1) is 17.9 Å². The van der Waals surface area contributed by atoms with E-state index >= 15 is 0 Å². The summed E-state index contributed by atoms with van der Waals surface area (Å²) < 4.78 is 0.900. The minimum Gasteiger partial charge on any atom is -0.377 e. The van der Waals surface area contributed by atoms with Crippen LogP contribution in [0.25, 0.3) is 0 Å². The van der Waals surface area contributed by atoms with Gasteiger partial charge in [-0.3, -0.25) is 0 Å². The molecule has 1 heterocycles. The van der Waals surface area contributed by atoms with Gasteiger partial charge in [-0.05, 0) is 70.6 Å². The number of anilines is 1. The zero-order valence-electron chi connectivity index (χ0n) is 10.6. The summed E-state index contributed by atoms with van der Waals surface area (Å²) in [5, 5.41) is 4.38. The number of halogens is 2. The van der Waals surface area contributed by atoms with E-state index in [1.807, 2.05) is 19.2 Å². The van der Waals surface area contributed by atoms with E-state index in [0.717, 1.165) is 33.7 Å². The lowest BCUT2D eigenvalue weighted by molar-refractivity contribution is 0.761. The first-order valence-electron chi connectivity index (χ1n) is 6.30. The van der Waals surface area contributed by atoms with E-state index in [9.17, 15) is 0 Å². The fourth-order valence-corrected chi connectivity index (χ4v) is 2.99. The van der Waals surface area contributed by atoms with Crippen LogP contribution in [0.3, 0.4) is 0 Å². The van der Waals surface area contributed by atoms with Crippen LogP contribution in [0.2, 0.25) is 5.02 Å². The molecule has 2 aromatic rings. The third-order valence-corrected chi connectivity index (χ3v) is 4.60. The highest BCUT2D eigenvalue weighted by Gasteiger charge is 2.22. The average molecular weight is 338 g/mol. The largest absolute Gasteiger partial charge is 0.377 e. The number of aromatic nitrogens is 1. The summed E-state index contributed by atoms with van der Waals surface area (Å²) in [5.74, 6) is 0. The number of benzene rings is 1. The molecule has 1 atom stereocenters. The van der Waals surface area contributed by atoms with Crippen LogP contribution >= 0.6 is 27.5 Å². The minimum atomic E-state index is 0.356. The molecule has 3 rings (SSSR count). The molecule has 0 aliphatic heterocycles. The van der Waals surface area contributed by atoms with Gasteiger partial charge in [0.1, 0.15) is 4.60 Å². The standard InChI is InChI=1S/C15H14BrClN2/c1-9-6-12(8-18-15(9)16)19-14-5-2-10-7-11(17)3-4-13(10)14/h3-4,6-8,14,19H,2,5H2,1H3. The molecule has 1 aliphatic carbocycles. The highest BCUT2D eigenvalue weighted by Crippen LogP contribution is 2.35. The molecule has 0 amide bonds. The second kappa shape index (κ2) is 5.14. The van der Waals surface area contributed by atoms with Crippen molar-refractivity contribution in [2.75, 3.05) is 5.32 Å². The van der Waals surface area contributed by atoms with E-state index in [1.54, 1.807) is 0 Å². The predicted octanol–water partition coefficient (Wildman–Crippen LogP) is 4.91. The maximum absolute atomic E-state index is 6.03. The van der Waals surface area contributed by atoms with Crippen molar-refractivity contribution in [3.05, 3.63) is 56.8 Å². The van der Waals surface area contributed by atoms with Crippen molar-refractivity contribution in [1.82, 2.24) is 4.98 Å². The Labute approximate surface area is 126 Å². The molecule has 0 saturated heterocycles. The van der Waals surface area contributed by atoms with Crippen LogP contribution in [-0.2, 0) is 6.42 Å². The number of rotatable bonds is 2. The van der Waals surface area contributed by atoms with E-state index in [1.165, 1.54) is 11.1 Å². The Bertz CT molecular complexity index is 628. The van der Waals surface area contributed by atoms with Crippen molar-refractivity contribution in [2.24, 2.45) is 0 Å². The lowest BCUT2D eigenvalue weighted by Gasteiger charge is -2.16. The van der Waals surface area contributed by atoms with Gasteiger partial charge in [0.25, 0.3) is 0 Å². The fourth-order valence-electron chi connectivity index (χ4n) is 2.57. The van der Waals surface area contributed by atoms with Crippen molar-refractivity contribution in [2.45, 2.75) is 25.8 Å².